The molecule has 2 fully saturated rings. The maximum Gasteiger partial charge on any atom is 0.387 e. The summed E-state index contributed by atoms with van der Waals surface area (Å²) in [6, 6.07) is 5.58. The number of rotatable bonds is 5. The summed E-state index contributed by atoms with van der Waals surface area (Å²) in [5.41, 5.74) is 5.90. The van der Waals surface area contributed by atoms with Crippen LogP contribution in [-0.2, 0) is 5.54 Å². The number of ether oxygens (including phenoxy) is 1. The lowest BCUT2D eigenvalue weighted by Gasteiger charge is -2.23. The van der Waals surface area contributed by atoms with Crippen LogP contribution < -0.4 is 10.5 Å². The van der Waals surface area contributed by atoms with E-state index in [0.717, 1.165) is 32.1 Å². The molecule has 7 nitrogen and oxygen atoms in total. The number of para-hydroxylation sites is 1. The molecule has 1 aliphatic heterocycles. The van der Waals surface area contributed by atoms with Crippen molar-refractivity contribution in [3.05, 3.63) is 41.5 Å². The van der Waals surface area contributed by atoms with Crippen molar-refractivity contribution >= 4 is 5.91 Å². The van der Waals surface area contributed by atoms with E-state index < -0.39 is 24.1 Å². The fourth-order valence-electron chi connectivity index (χ4n) is 4.07. The Labute approximate surface area is 160 Å². The van der Waals surface area contributed by atoms with Gasteiger partial charge in [0.15, 0.2) is 5.82 Å². The van der Waals surface area contributed by atoms with E-state index in [4.69, 9.17) is 10.3 Å². The molecule has 1 atom stereocenters. The number of alkyl halides is 2. The minimum atomic E-state index is -3.01. The first-order chi connectivity index (χ1) is 13.5. The average Bonchev–Trinajstić information content (AvgIpc) is 3.41. The lowest BCUT2D eigenvalue weighted by atomic mass is 9.98. The molecule has 1 aromatic carbocycles. The summed E-state index contributed by atoms with van der Waals surface area (Å²) in [6.07, 6.45) is 5.06. The van der Waals surface area contributed by atoms with Gasteiger partial charge in [0.25, 0.3) is 5.91 Å². The second-order valence-corrected chi connectivity index (χ2v) is 7.35. The van der Waals surface area contributed by atoms with Crippen molar-refractivity contribution in [2.75, 3.05) is 6.54 Å². The van der Waals surface area contributed by atoms with Gasteiger partial charge in [0, 0.05) is 6.54 Å². The molecule has 1 saturated carbocycles. The Balaban J connectivity index is 1.58. The molecule has 1 aromatic heterocycles. The standard InChI is InChI=1S/C19H22F2N4O3/c20-18(21)27-14-8-2-1-6-12(14)16(26)25-11-5-7-13(25)15-23-17(24-28-15)19(22)9-3-4-10-19/h1-2,6,8,13,18H,3-5,7,9-11,22H2. The van der Waals surface area contributed by atoms with Crippen LogP contribution in [0.2, 0.25) is 0 Å². The second-order valence-electron chi connectivity index (χ2n) is 7.35. The average molecular weight is 392 g/mol. The Kier molecular flexibility index (Phi) is 5.01. The SMILES string of the molecule is NC1(c2noc(C3CCCN3C(=O)c3ccccc3OC(F)F)n2)CCCC1. The normalized spacial score (nSPS) is 21.4. The monoisotopic (exact) mass is 392 g/mol. The summed E-state index contributed by atoms with van der Waals surface area (Å²) in [5.74, 6) is 0.263. The van der Waals surface area contributed by atoms with E-state index in [1.165, 1.54) is 12.1 Å². The molecule has 1 amide bonds. The molecule has 1 unspecified atom stereocenters. The zero-order valence-electron chi connectivity index (χ0n) is 15.3. The number of nitrogens with zero attached hydrogens (tertiary/aromatic N) is 3. The molecular weight excluding hydrogens is 370 g/mol. The van der Waals surface area contributed by atoms with Crippen molar-refractivity contribution < 1.29 is 22.8 Å². The van der Waals surface area contributed by atoms with E-state index in [9.17, 15) is 13.6 Å². The van der Waals surface area contributed by atoms with Gasteiger partial charge < -0.3 is 19.9 Å². The Morgan fingerprint density at radius 3 is 2.79 bits per heavy atom. The first-order valence-electron chi connectivity index (χ1n) is 9.46. The quantitative estimate of drug-likeness (QED) is 0.838. The summed E-state index contributed by atoms with van der Waals surface area (Å²) in [6.45, 7) is -2.54. The molecule has 1 aliphatic carbocycles. The molecule has 0 radical (unpaired) electrons. The number of carbonyl (C=O) groups is 1. The van der Waals surface area contributed by atoms with E-state index in [-0.39, 0.29) is 11.3 Å². The number of halogens is 2. The van der Waals surface area contributed by atoms with Crippen LogP contribution in [0.5, 0.6) is 5.75 Å². The molecule has 0 spiro atoms. The van der Waals surface area contributed by atoms with Crippen molar-refractivity contribution in [2.24, 2.45) is 5.73 Å². The van der Waals surface area contributed by atoms with Crippen LogP contribution in [0.3, 0.4) is 0 Å². The maximum atomic E-state index is 13.0. The number of hydrogen-bond acceptors (Lipinski definition) is 6. The van der Waals surface area contributed by atoms with Crippen LogP contribution in [0.4, 0.5) is 8.78 Å². The summed E-state index contributed by atoms with van der Waals surface area (Å²) in [4.78, 5) is 19.1. The second kappa shape index (κ2) is 7.46. The molecule has 2 aliphatic rings. The largest absolute Gasteiger partial charge is 0.434 e. The number of benzene rings is 1. The molecule has 4 rings (SSSR count). The zero-order valence-corrected chi connectivity index (χ0v) is 15.3. The summed E-state index contributed by atoms with van der Waals surface area (Å²) < 4.78 is 35.3. The van der Waals surface area contributed by atoms with E-state index in [0.29, 0.717) is 24.7 Å². The van der Waals surface area contributed by atoms with Crippen molar-refractivity contribution in [3.63, 3.8) is 0 Å². The van der Waals surface area contributed by atoms with Crippen LogP contribution in [0.25, 0.3) is 0 Å². The lowest BCUT2D eigenvalue weighted by Crippen LogP contribution is -2.35. The number of amides is 1. The predicted molar refractivity (Wildman–Crippen MR) is 94.7 cm³/mol. The molecule has 2 aromatic rings. The first kappa shape index (κ1) is 18.8. The number of nitrogens with two attached hydrogens (primary N) is 1. The Morgan fingerprint density at radius 1 is 1.29 bits per heavy atom. The van der Waals surface area contributed by atoms with Gasteiger partial charge >= 0.3 is 6.61 Å². The number of hydrogen-bond donors (Lipinski definition) is 1. The van der Waals surface area contributed by atoms with Gasteiger partial charge in [-0.15, -0.1) is 0 Å². The number of carbonyl (C=O) groups excluding carboxylic acids is 1. The lowest BCUT2D eigenvalue weighted by molar-refractivity contribution is -0.0503. The third-order valence-corrected chi connectivity index (χ3v) is 5.52. The van der Waals surface area contributed by atoms with Crippen molar-refractivity contribution in [2.45, 2.75) is 56.7 Å². The first-order valence-corrected chi connectivity index (χ1v) is 9.46. The van der Waals surface area contributed by atoms with Crippen molar-refractivity contribution in [1.82, 2.24) is 15.0 Å². The van der Waals surface area contributed by atoms with Gasteiger partial charge in [-0.05, 0) is 37.8 Å². The van der Waals surface area contributed by atoms with Crippen molar-refractivity contribution in [1.29, 1.82) is 0 Å². The predicted octanol–water partition coefficient (Wildman–Crippen LogP) is 3.38. The fraction of sp³-hybridized carbons (Fsp3) is 0.526. The van der Waals surface area contributed by atoms with Crippen LogP contribution in [-0.4, -0.2) is 34.1 Å². The van der Waals surface area contributed by atoms with Crippen LogP contribution in [0.1, 0.15) is 66.6 Å². The van der Waals surface area contributed by atoms with Gasteiger partial charge in [0.2, 0.25) is 5.89 Å². The van der Waals surface area contributed by atoms with Crippen LogP contribution in [0, 0.1) is 0 Å². The van der Waals surface area contributed by atoms with Gasteiger partial charge in [-0.1, -0.05) is 30.1 Å². The molecule has 1 saturated heterocycles. The van der Waals surface area contributed by atoms with Gasteiger partial charge in [-0.3, -0.25) is 4.79 Å². The minimum absolute atomic E-state index is 0.0838. The highest BCUT2D eigenvalue weighted by Gasteiger charge is 2.39. The van der Waals surface area contributed by atoms with Gasteiger partial charge in [-0.2, -0.15) is 13.8 Å². The highest BCUT2D eigenvalue weighted by atomic mass is 19.3. The highest BCUT2D eigenvalue weighted by Crippen LogP contribution is 2.38. The summed E-state index contributed by atoms with van der Waals surface area (Å²) >= 11 is 0. The van der Waals surface area contributed by atoms with E-state index in [1.807, 2.05) is 0 Å². The minimum Gasteiger partial charge on any atom is -0.434 e. The van der Waals surface area contributed by atoms with Crippen LogP contribution in [0.15, 0.2) is 28.8 Å². The molecule has 2 N–H and O–H groups in total. The van der Waals surface area contributed by atoms with Gasteiger partial charge in [0.1, 0.15) is 11.8 Å². The topological polar surface area (TPSA) is 94.5 Å². The Morgan fingerprint density at radius 2 is 2.04 bits per heavy atom. The Hall–Kier alpha value is -2.55. The van der Waals surface area contributed by atoms with E-state index in [1.54, 1.807) is 17.0 Å². The van der Waals surface area contributed by atoms with E-state index in [2.05, 4.69) is 14.9 Å². The smallest absolute Gasteiger partial charge is 0.387 e. The molecule has 2 heterocycles. The molecule has 9 heteroatoms. The van der Waals surface area contributed by atoms with Gasteiger partial charge in [0.05, 0.1) is 11.1 Å². The summed E-state index contributed by atoms with van der Waals surface area (Å²) in [5, 5.41) is 4.07. The highest BCUT2D eigenvalue weighted by molar-refractivity contribution is 5.97. The maximum absolute atomic E-state index is 13.0. The van der Waals surface area contributed by atoms with E-state index >= 15 is 0 Å². The third kappa shape index (κ3) is 3.46. The number of likely N-dealkylation sites (tertiary alicyclic amines) is 1. The van der Waals surface area contributed by atoms with Crippen LogP contribution >= 0.6 is 0 Å². The zero-order chi connectivity index (χ0) is 19.7. The third-order valence-electron chi connectivity index (χ3n) is 5.52. The summed E-state index contributed by atoms with van der Waals surface area (Å²) in [7, 11) is 0. The molecule has 0 bridgehead atoms. The fourth-order valence-corrected chi connectivity index (χ4v) is 4.07. The van der Waals surface area contributed by atoms with Crippen molar-refractivity contribution in [3.8, 4) is 5.75 Å². The van der Waals surface area contributed by atoms with Gasteiger partial charge in [-0.25, -0.2) is 0 Å². The number of aromatic nitrogens is 2. The molecular formula is C19H22F2N4O3. The molecule has 28 heavy (non-hydrogen) atoms. The molecule has 150 valence electrons. The Bertz CT molecular complexity index is 851.